The quantitative estimate of drug-likeness (QED) is 0.0528. The second kappa shape index (κ2) is 18.6. The second-order valence-corrected chi connectivity index (χ2v) is 15.1. The first kappa shape index (κ1) is 43.4. The highest BCUT2D eigenvalue weighted by Gasteiger charge is 2.27. The number of rotatable bonds is 16. The van der Waals surface area contributed by atoms with E-state index in [0.29, 0.717) is 66.9 Å². The molecule has 6 aromatic rings. The number of esters is 2. The van der Waals surface area contributed by atoms with Gasteiger partial charge in [-0.3, -0.25) is 14.8 Å². The molecule has 0 saturated carbocycles. The van der Waals surface area contributed by atoms with Gasteiger partial charge in [-0.2, -0.15) is 0 Å². The molecule has 4 N–H and O–H groups in total. The largest absolute Gasteiger partial charge is 0.507 e. The van der Waals surface area contributed by atoms with E-state index in [1.807, 2.05) is 38.1 Å². The van der Waals surface area contributed by atoms with Crippen molar-refractivity contribution in [2.45, 2.75) is 40.8 Å². The van der Waals surface area contributed by atoms with Gasteiger partial charge in [0.25, 0.3) is 0 Å². The lowest BCUT2D eigenvalue weighted by atomic mass is 9.88. The van der Waals surface area contributed by atoms with Gasteiger partial charge < -0.3 is 44.2 Å². The highest BCUT2D eigenvalue weighted by molar-refractivity contribution is 6.08. The van der Waals surface area contributed by atoms with E-state index < -0.39 is 17.9 Å². The number of aromatic nitrogens is 2. The fourth-order valence-electron chi connectivity index (χ4n) is 7.72. The third-order valence-electron chi connectivity index (χ3n) is 10.7. The van der Waals surface area contributed by atoms with Crippen LogP contribution in [-0.2, 0) is 32.2 Å². The van der Waals surface area contributed by atoms with Crippen LogP contribution in [0.25, 0.3) is 55.2 Å². The van der Waals surface area contributed by atoms with Crippen LogP contribution in [-0.4, -0.2) is 64.5 Å². The van der Waals surface area contributed by atoms with E-state index >= 15 is 0 Å². The Bertz CT molecular complexity index is 3180. The first-order valence-electron chi connectivity index (χ1n) is 20.9. The summed E-state index contributed by atoms with van der Waals surface area (Å²) in [7, 11) is 0. The Labute approximate surface area is 371 Å². The molecule has 1 aliphatic heterocycles. The van der Waals surface area contributed by atoms with Gasteiger partial charge in [-0.25, -0.2) is 14.4 Å². The number of carbonyl (C=O) groups is 3. The summed E-state index contributed by atoms with van der Waals surface area (Å²) < 4.78 is 28.5. The molecule has 0 spiro atoms. The summed E-state index contributed by atoms with van der Waals surface area (Å²) in [4.78, 5) is 60.6. The molecule has 2 aromatic heterocycles. The highest BCUT2D eigenvalue weighted by atomic mass is 16.6. The van der Waals surface area contributed by atoms with Crippen molar-refractivity contribution in [3.63, 3.8) is 0 Å². The number of benzene rings is 5. The number of nitrogens with one attached hydrogen (secondary N) is 2. The number of aromatic hydroxyl groups is 1. The smallest absolute Gasteiger partial charge is 0.344 e. The average molecular weight is 877 g/mol. The standard InChI is InChI=1S/C50H44N4O11/c1-5-61-43(57)25-63-31-19-29-13-11-27(3)53-46(29)39(21-31)51-23-37-41(55)17-15-35-45(33-9-7-8-10-34(33)50(59)60)36-16-18-42(56)38(49(36)65-48(35)37)24-52-40-22-32(64-26-44(58)62-6-2)20-30-14-12-28(4)54-47(30)40/h7-22,51-52,55H,5-6,23-26H2,1-4H3,(H,59,60). The Morgan fingerprint density at radius 2 is 1.25 bits per heavy atom. The summed E-state index contributed by atoms with van der Waals surface area (Å²) in [5.74, 6) is -1.46. The Kier molecular flexibility index (Phi) is 12.5. The van der Waals surface area contributed by atoms with Crippen LogP contribution in [0.2, 0.25) is 0 Å². The Morgan fingerprint density at radius 1 is 0.677 bits per heavy atom. The van der Waals surface area contributed by atoms with Crippen molar-refractivity contribution < 1.29 is 48.0 Å². The van der Waals surface area contributed by atoms with E-state index in [1.165, 1.54) is 18.2 Å². The third-order valence-corrected chi connectivity index (χ3v) is 10.7. The monoisotopic (exact) mass is 876 g/mol. The Balaban J connectivity index is 1.26. The van der Waals surface area contributed by atoms with Crippen LogP contribution >= 0.6 is 0 Å². The number of anilines is 2. The number of carboxylic acid groups (broad SMARTS) is 1. The predicted octanol–water partition coefficient (Wildman–Crippen LogP) is 8.79. The van der Waals surface area contributed by atoms with Gasteiger partial charge in [0.1, 0.15) is 28.6 Å². The van der Waals surface area contributed by atoms with Gasteiger partial charge in [-0.15, -0.1) is 0 Å². The fourth-order valence-corrected chi connectivity index (χ4v) is 7.72. The number of hydrogen-bond acceptors (Lipinski definition) is 14. The predicted molar refractivity (Wildman–Crippen MR) is 245 cm³/mol. The maximum atomic E-state index is 14.0. The summed E-state index contributed by atoms with van der Waals surface area (Å²) in [5.41, 5.74) is 5.33. The van der Waals surface area contributed by atoms with Crippen LogP contribution < -0.4 is 25.5 Å². The minimum atomic E-state index is -1.16. The topological polar surface area (TPSA) is 209 Å². The van der Waals surface area contributed by atoms with Gasteiger partial charge in [0.05, 0.1) is 52.3 Å². The molecule has 2 aliphatic rings. The van der Waals surface area contributed by atoms with Crippen LogP contribution in [0.4, 0.5) is 11.4 Å². The van der Waals surface area contributed by atoms with Gasteiger partial charge in [-0.05, 0) is 87.9 Å². The van der Waals surface area contributed by atoms with Gasteiger partial charge in [0.15, 0.2) is 18.6 Å². The fraction of sp³-hybridized carbons (Fsp3) is 0.200. The van der Waals surface area contributed by atoms with Crippen molar-refractivity contribution in [1.29, 1.82) is 0 Å². The molecular formula is C50H44N4O11. The average Bonchev–Trinajstić information content (AvgIpc) is 3.29. The maximum absolute atomic E-state index is 14.0. The number of phenolic OH excluding ortho intramolecular Hbond substituents is 1. The van der Waals surface area contributed by atoms with Crippen LogP contribution in [0.5, 0.6) is 17.2 Å². The van der Waals surface area contributed by atoms with Crippen LogP contribution in [0.3, 0.4) is 0 Å². The Morgan fingerprint density at radius 3 is 1.82 bits per heavy atom. The van der Waals surface area contributed by atoms with Crippen molar-refractivity contribution >= 4 is 62.1 Å². The minimum absolute atomic E-state index is 0.0139. The molecule has 0 atom stereocenters. The number of ether oxygens (including phenoxy) is 4. The van der Waals surface area contributed by atoms with E-state index in [1.54, 1.807) is 68.4 Å². The summed E-state index contributed by atoms with van der Waals surface area (Å²) in [6.45, 7) is 6.80. The van der Waals surface area contributed by atoms with Crippen molar-refractivity contribution in [2.75, 3.05) is 37.1 Å². The molecule has 1 aliphatic carbocycles. The number of carbonyl (C=O) groups excluding carboxylic acids is 2. The second-order valence-electron chi connectivity index (χ2n) is 15.1. The number of aromatic carboxylic acids is 1. The molecule has 65 heavy (non-hydrogen) atoms. The molecule has 330 valence electrons. The molecule has 0 fully saturated rings. The molecule has 8 rings (SSSR count). The molecule has 0 bridgehead atoms. The lowest BCUT2D eigenvalue weighted by molar-refractivity contribution is -0.146. The van der Waals surface area contributed by atoms with E-state index in [0.717, 1.165) is 16.8 Å². The van der Waals surface area contributed by atoms with E-state index in [4.69, 9.17) is 33.3 Å². The molecule has 0 amide bonds. The number of pyridine rings is 2. The first-order chi connectivity index (χ1) is 31.4. The number of nitrogens with zero attached hydrogens (tertiary/aromatic N) is 2. The van der Waals surface area contributed by atoms with Gasteiger partial charge in [0, 0.05) is 63.9 Å². The molecule has 15 nitrogen and oxygen atoms in total. The number of carboxylic acids is 1. The maximum Gasteiger partial charge on any atom is 0.344 e. The first-order valence-corrected chi connectivity index (χ1v) is 20.9. The summed E-state index contributed by atoms with van der Waals surface area (Å²) in [5, 5.41) is 30.7. The van der Waals surface area contributed by atoms with Gasteiger partial charge >= 0.3 is 17.9 Å². The molecule has 4 aromatic carbocycles. The summed E-state index contributed by atoms with van der Waals surface area (Å²) >= 11 is 0. The van der Waals surface area contributed by atoms with Crippen LogP contribution in [0.1, 0.15) is 46.7 Å². The zero-order valence-electron chi connectivity index (χ0n) is 35.9. The SMILES string of the molecule is CCOC(=O)COc1cc(NCc2c3oc4c(CNc5cc(OCC(=O)OCC)cc6ccc(C)nc56)c(O)ccc4c(-c4ccccc4C(=O)O)c-3ccc2=O)c2nc(C)ccc2c1. The molecular weight excluding hydrogens is 833 g/mol. The molecule has 0 saturated heterocycles. The zero-order chi connectivity index (χ0) is 45.8. The van der Waals surface area contributed by atoms with Gasteiger partial charge in [0.2, 0.25) is 0 Å². The van der Waals surface area contributed by atoms with Crippen molar-refractivity contribution in [1.82, 2.24) is 9.97 Å². The zero-order valence-corrected chi connectivity index (χ0v) is 35.9. The molecule has 0 unspecified atom stereocenters. The normalized spacial score (nSPS) is 11.2. The molecule has 15 heteroatoms. The van der Waals surface area contributed by atoms with Crippen LogP contribution in [0, 0.1) is 13.8 Å². The number of hydrogen-bond donors (Lipinski definition) is 4. The molecule has 3 heterocycles. The van der Waals surface area contributed by atoms with Crippen molar-refractivity contribution in [3.8, 4) is 39.7 Å². The highest BCUT2D eigenvalue weighted by Crippen LogP contribution is 2.45. The lowest BCUT2D eigenvalue weighted by Gasteiger charge is -2.21. The summed E-state index contributed by atoms with van der Waals surface area (Å²) in [6, 6.07) is 27.1. The third kappa shape index (κ3) is 9.16. The van der Waals surface area contributed by atoms with Gasteiger partial charge in [-0.1, -0.05) is 30.3 Å². The lowest BCUT2D eigenvalue weighted by Crippen LogP contribution is -2.16. The number of phenols is 1. The Hall–Kier alpha value is -8.20. The number of aryl methyl sites for hydroxylation is 2. The summed E-state index contributed by atoms with van der Waals surface area (Å²) in [6.07, 6.45) is 0. The van der Waals surface area contributed by atoms with E-state index in [-0.39, 0.29) is 73.2 Å². The molecule has 0 radical (unpaired) electrons. The van der Waals surface area contributed by atoms with Crippen LogP contribution in [0.15, 0.2) is 106 Å². The minimum Gasteiger partial charge on any atom is -0.507 e. The van der Waals surface area contributed by atoms with E-state index in [9.17, 15) is 29.4 Å². The van der Waals surface area contributed by atoms with Crippen molar-refractivity contribution in [3.05, 3.63) is 135 Å². The van der Waals surface area contributed by atoms with E-state index in [2.05, 4.69) is 10.6 Å². The van der Waals surface area contributed by atoms with Crippen molar-refractivity contribution in [2.24, 2.45) is 0 Å². The number of fused-ring (bicyclic) bond motifs is 4.